The van der Waals surface area contributed by atoms with Crippen LogP contribution < -0.4 is 5.73 Å². The Hall–Kier alpha value is 0.0569. The van der Waals surface area contributed by atoms with E-state index >= 15 is 0 Å². The van der Waals surface area contributed by atoms with Gasteiger partial charge in [0.2, 0.25) is 0 Å². The van der Waals surface area contributed by atoms with Crippen molar-refractivity contribution in [2.24, 2.45) is 5.73 Å². The van der Waals surface area contributed by atoms with Gasteiger partial charge in [0.15, 0.2) is 0 Å². The molecule has 3 aliphatic heterocycles. The van der Waals surface area contributed by atoms with E-state index < -0.39 is 8.56 Å². The van der Waals surface area contributed by atoms with Crippen molar-refractivity contribution in [3.8, 4) is 0 Å². The lowest BCUT2D eigenvalue weighted by Gasteiger charge is -2.39. The van der Waals surface area contributed by atoms with Crippen molar-refractivity contribution in [1.29, 1.82) is 0 Å². The molecule has 2 N–H and O–H groups in total. The second-order valence-electron chi connectivity index (χ2n) is 4.45. The van der Waals surface area contributed by atoms with Gasteiger partial charge in [-0.2, -0.15) is 0 Å². The van der Waals surface area contributed by atoms with Crippen molar-refractivity contribution >= 4 is 8.56 Å². The third-order valence-corrected chi connectivity index (χ3v) is 7.03. The first kappa shape index (κ1) is 11.5. The molecule has 88 valence electrons. The van der Waals surface area contributed by atoms with Crippen molar-refractivity contribution in [2.75, 3.05) is 39.4 Å². The molecule has 4 nitrogen and oxygen atoms in total. The minimum Gasteiger partial charge on any atom is -0.393 e. The van der Waals surface area contributed by atoms with Crippen LogP contribution >= 0.6 is 0 Å². The van der Waals surface area contributed by atoms with Crippen molar-refractivity contribution in [1.82, 2.24) is 4.90 Å². The highest BCUT2D eigenvalue weighted by molar-refractivity contribution is 6.67. The number of fused-ring (bicyclic) bond motifs is 6. The normalized spacial score (nSPS) is 37.0. The van der Waals surface area contributed by atoms with Gasteiger partial charge in [-0.25, -0.2) is 0 Å². The molecular weight excluding hydrogens is 208 g/mol. The fourth-order valence-corrected chi connectivity index (χ4v) is 5.73. The van der Waals surface area contributed by atoms with Crippen molar-refractivity contribution in [2.45, 2.75) is 24.9 Å². The minimum atomic E-state index is -1.85. The largest absolute Gasteiger partial charge is 0.393 e. The van der Waals surface area contributed by atoms with Crippen LogP contribution in [0.4, 0.5) is 0 Å². The first-order valence-electron chi connectivity index (χ1n) is 6.05. The van der Waals surface area contributed by atoms with Gasteiger partial charge in [-0.1, -0.05) is 0 Å². The lowest BCUT2D eigenvalue weighted by Crippen LogP contribution is -2.51. The van der Waals surface area contributed by atoms with Crippen LogP contribution in [0.25, 0.3) is 0 Å². The molecule has 0 radical (unpaired) electrons. The summed E-state index contributed by atoms with van der Waals surface area (Å²) in [5.41, 5.74) is 5.58. The van der Waals surface area contributed by atoms with Gasteiger partial charge in [0.25, 0.3) is 0 Å². The average molecular weight is 230 g/mol. The van der Waals surface area contributed by atoms with Crippen molar-refractivity contribution < 1.29 is 8.85 Å². The van der Waals surface area contributed by atoms with E-state index in [0.29, 0.717) is 0 Å². The molecular formula is C10H22N2O2Si. The maximum Gasteiger partial charge on any atom is 0.338 e. The summed E-state index contributed by atoms with van der Waals surface area (Å²) in [5, 5.41) is 0. The molecule has 5 heteroatoms. The molecule has 0 aromatic rings. The summed E-state index contributed by atoms with van der Waals surface area (Å²) >= 11 is 0. The molecule has 0 saturated carbocycles. The summed E-state index contributed by atoms with van der Waals surface area (Å²) in [6, 6.07) is 2.24. The van der Waals surface area contributed by atoms with Crippen molar-refractivity contribution in [3.63, 3.8) is 0 Å². The van der Waals surface area contributed by atoms with Gasteiger partial charge in [-0.05, 0) is 38.0 Å². The van der Waals surface area contributed by atoms with Crippen LogP contribution in [0.2, 0.25) is 12.1 Å². The number of hydrogen-bond donors (Lipinski definition) is 1. The Kier molecular flexibility index (Phi) is 4.16. The Bertz CT molecular complexity index is 171. The summed E-state index contributed by atoms with van der Waals surface area (Å²) in [4.78, 5) is 2.44. The predicted octanol–water partition coefficient (Wildman–Crippen LogP) is 0.530. The van der Waals surface area contributed by atoms with E-state index in [1.807, 2.05) is 0 Å². The summed E-state index contributed by atoms with van der Waals surface area (Å²) in [6.45, 7) is 5.87. The Morgan fingerprint density at radius 2 is 1.87 bits per heavy atom. The zero-order valence-electron chi connectivity index (χ0n) is 9.41. The first-order chi connectivity index (χ1) is 7.35. The topological polar surface area (TPSA) is 47.7 Å². The van der Waals surface area contributed by atoms with E-state index in [-0.39, 0.29) is 0 Å². The van der Waals surface area contributed by atoms with Crippen LogP contribution in [-0.4, -0.2) is 52.9 Å². The highest BCUT2D eigenvalue weighted by Gasteiger charge is 2.39. The SMILES string of the molecule is NCCC[Si]12CCCN(CCO1)CCO2. The molecule has 0 aromatic carbocycles. The van der Waals surface area contributed by atoms with Crippen LogP contribution in [0.3, 0.4) is 0 Å². The highest BCUT2D eigenvalue weighted by Crippen LogP contribution is 2.26. The first-order valence-corrected chi connectivity index (χ1v) is 8.28. The molecule has 3 rings (SSSR count). The molecule has 0 unspecified atom stereocenters. The lowest BCUT2D eigenvalue weighted by atomic mass is 10.4. The Morgan fingerprint density at radius 3 is 2.53 bits per heavy atom. The van der Waals surface area contributed by atoms with E-state index in [9.17, 15) is 0 Å². The molecule has 0 aliphatic carbocycles. The molecule has 0 aromatic heterocycles. The summed E-state index contributed by atoms with van der Waals surface area (Å²) in [6.07, 6.45) is 2.28. The van der Waals surface area contributed by atoms with Gasteiger partial charge in [0.05, 0.1) is 0 Å². The third kappa shape index (κ3) is 3.01. The van der Waals surface area contributed by atoms with Gasteiger partial charge in [0.1, 0.15) is 0 Å². The number of hydrogen-bond acceptors (Lipinski definition) is 4. The zero-order chi connectivity index (χ0) is 10.6. The zero-order valence-corrected chi connectivity index (χ0v) is 10.4. The maximum atomic E-state index is 6.06. The van der Waals surface area contributed by atoms with Crippen LogP contribution in [0.5, 0.6) is 0 Å². The van der Waals surface area contributed by atoms with E-state index in [0.717, 1.165) is 51.4 Å². The van der Waals surface area contributed by atoms with Gasteiger partial charge in [0, 0.05) is 26.3 Å². The van der Waals surface area contributed by atoms with E-state index in [1.54, 1.807) is 0 Å². The number of nitrogens with zero attached hydrogens (tertiary/aromatic N) is 1. The smallest absolute Gasteiger partial charge is 0.338 e. The number of nitrogens with two attached hydrogens (primary N) is 1. The molecule has 3 saturated heterocycles. The predicted molar refractivity (Wildman–Crippen MR) is 62.0 cm³/mol. The summed E-state index contributed by atoms with van der Waals surface area (Å²) in [7, 11) is -1.85. The monoisotopic (exact) mass is 230 g/mol. The van der Waals surface area contributed by atoms with Crippen LogP contribution in [-0.2, 0) is 8.85 Å². The molecule has 3 heterocycles. The average Bonchev–Trinajstić information content (AvgIpc) is 2.14. The maximum absolute atomic E-state index is 6.06. The Labute approximate surface area is 93.0 Å². The molecule has 3 fully saturated rings. The van der Waals surface area contributed by atoms with Crippen LogP contribution in [0, 0.1) is 0 Å². The van der Waals surface area contributed by atoms with Gasteiger partial charge in [-0.3, -0.25) is 4.90 Å². The fraction of sp³-hybridized carbons (Fsp3) is 1.00. The Balaban J connectivity index is 1.98. The Morgan fingerprint density at radius 1 is 1.13 bits per heavy atom. The number of rotatable bonds is 3. The standard InChI is InChI=1S/C10H22N2O2Si/c11-3-1-9-15-10-2-4-12(5-7-13-15)6-8-14-15/h1-11H2. The molecule has 2 bridgehead atoms. The summed E-state index contributed by atoms with van der Waals surface area (Å²) < 4.78 is 12.1. The second kappa shape index (κ2) is 5.40. The quantitative estimate of drug-likeness (QED) is 0.719. The molecule has 15 heavy (non-hydrogen) atoms. The van der Waals surface area contributed by atoms with Gasteiger partial charge in [-0.15, -0.1) is 0 Å². The van der Waals surface area contributed by atoms with Crippen LogP contribution in [0.1, 0.15) is 12.8 Å². The minimum absolute atomic E-state index is 0.758. The molecule has 0 spiro atoms. The second-order valence-corrected chi connectivity index (χ2v) is 7.84. The van der Waals surface area contributed by atoms with Crippen LogP contribution in [0.15, 0.2) is 0 Å². The molecule has 0 atom stereocenters. The third-order valence-electron chi connectivity index (χ3n) is 3.34. The van der Waals surface area contributed by atoms with Gasteiger partial charge < -0.3 is 14.6 Å². The molecule has 3 aliphatic rings. The fourth-order valence-electron chi connectivity index (χ4n) is 2.46. The molecule has 0 amide bonds. The highest BCUT2D eigenvalue weighted by atomic mass is 28.4. The van der Waals surface area contributed by atoms with E-state index in [2.05, 4.69) is 4.90 Å². The lowest BCUT2D eigenvalue weighted by molar-refractivity contribution is 0.0788. The van der Waals surface area contributed by atoms with E-state index in [4.69, 9.17) is 14.6 Å². The van der Waals surface area contributed by atoms with Crippen molar-refractivity contribution in [3.05, 3.63) is 0 Å². The van der Waals surface area contributed by atoms with Gasteiger partial charge >= 0.3 is 8.56 Å². The van der Waals surface area contributed by atoms with E-state index in [1.165, 1.54) is 13.0 Å². The summed E-state index contributed by atoms with van der Waals surface area (Å²) in [5.74, 6) is 0.